The number of hydrogen-bond donors (Lipinski definition) is 0. The largest absolute Gasteiger partial charge is 0.367 e. The molecule has 2 aromatic rings. The van der Waals surface area contributed by atoms with Crippen molar-refractivity contribution < 1.29 is 9.18 Å². The van der Waals surface area contributed by atoms with Gasteiger partial charge in [0, 0.05) is 36.2 Å². The number of nitrogens with zero attached hydrogens (tertiary/aromatic N) is 2. The molecule has 0 saturated carbocycles. The third kappa shape index (κ3) is 3.14. The van der Waals surface area contributed by atoms with E-state index in [9.17, 15) is 9.18 Å². The number of rotatable bonds is 2. The van der Waals surface area contributed by atoms with E-state index < -0.39 is 0 Å². The van der Waals surface area contributed by atoms with Crippen LogP contribution in [0.3, 0.4) is 0 Å². The van der Waals surface area contributed by atoms with Crippen LogP contribution in [-0.4, -0.2) is 37.0 Å². The van der Waals surface area contributed by atoms with Crippen molar-refractivity contribution in [1.82, 2.24) is 4.90 Å². The summed E-state index contributed by atoms with van der Waals surface area (Å²) >= 11 is 3.56. The minimum atomic E-state index is -0.377. The fourth-order valence-electron chi connectivity index (χ4n) is 2.66. The van der Waals surface area contributed by atoms with Crippen molar-refractivity contribution in [3.8, 4) is 0 Å². The highest BCUT2D eigenvalue weighted by Crippen LogP contribution is 2.26. The first-order chi connectivity index (χ1) is 10.6. The van der Waals surface area contributed by atoms with Crippen LogP contribution in [0.1, 0.15) is 10.4 Å². The van der Waals surface area contributed by atoms with E-state index >= 15 is 0 Å². The van der Waals surface area contributed by atoms with Gasteiger partial charge in [0.1, 0.15) is 5.82 Å². The zero-order valence-electron chi connectivity index (χ0n) is 12.0. The van der Waals surface area contributed by atoms with E-state index in [0.717, 1.165) is 23.2 Å². The molecule has 1 saturated heterocycles. The maximum Gasteiger partial charge on any atom is 0.254 e. The minimum Gasteiger partial charge on any atom is -0.367 e. The Kier molecular flexibility index (Phi) is 4.43. The summed E-state index contributed by atoms with van der Waals surface area (Å²) in [7, 11) is 0. The first-order valence-electron chi connectivity index (χ1n) is 7.19. The summed E-state index contributed by atoms with van der Waals surface area (Å²) in [5.41, 5.74) is 1.55. The SMILES string of the molecule is O=C(c1cccc(F)c1)N1CCN(c2ccccc2Br)CC1. The standard InChI is InChI=1S/C17H16BrFN2O/c18-15-6-1-2-7-16(15)20-8-10-21(11-9-20)17(22)13-4-3-5-14(19)12-13/h1-7,12H,8-11H2. The summed E-state index contributed by atoms with van der Waals surface area (Å²) in [6.45, 7) is 2.81. The number of benzene rings is 2. The molecule has 1 aliphatic rings. The Morgan fingerprint density at radius 2 is 1.73 bits per heavy atom. The molecular formula is C17H16BrFN2O. The molecule has 0 aromatic heterocycles. The summed E-state index contributed by atoms with van der Waals surface area (Å²) in [6, 6.07) is 13.9. The lowest BCUT2D eigenvalue weighted by atomic mass is 10.1. The lowest BCUT2D eigenvalue weighted by Crippen LogP contribution is -2.48. The lowest BCUT2D eigenvalue weighted by molar-refractivity contribution is 0.0746. The highest BCUT2D eigenvalue weighted by Gasteiger charge is 2.23. The molecule has 1 aliphatic heterocycles. The molecular weight excluding hydrogens is 347 g/mol. The van der Waals surface area contributed by atoms with E-state index in [1.807, 2.05) is 18.2 Å². The van der Waals surface area contributed by atoms with Crippen molar-refractivity contribution in [1.29, 1.82) is 0 Å². The molecule has 0 aliphatic carbocycles. The average molecular weight is 363 g/mol. The predicted molar refractivity (Wildman–Crippen MR) is 88.7 cm³/mol. The van der Waals surface area contributed by atoms with Crippen LogP contribution in [-0.2, 0) is 0 Å². The molecule has 5 heteroatoms. The second-order valence-electron chi connectivity index (χ2n) is 5.24. The Labute approximate surface area is 137 Å². The highest BCUT2D eigenvalue weighted by atomic mass is 79.9. The molecule has 0 bridgehead atoms. The Morgan fingerprint density at radius 3 is 2.41 bits per heavy atom. The monoisotopic (exact) mass is 362 g/mol. The third-order valence-electron chi connectivity index (χ3n) is 3.83. The van der Waals surface area contributed by atoms with Gasteiger partial charge in [-0.3, -0.25) is 4.79 Å². The number of carbonyl (C=O) groups excluding carboxylic acids is 1. The summed E-state index contributed by atoms with van der Waals surface area (Å²) in [5.74, 6) is -0.482. The van der Waals surface area contributed by atoms with Crippen molar-refractivity contribution in [3.05, 3.63) is 64.4 Å². The van der Waals surface area contributed by atoms with Crippen molar-refractivity contribution in [3.63, 3.8) is 0 Å². The lowest BCUT2D eigenvalue weighted by Gasteiger charge is -2.36. The number of piperazine rings is 1. The van der Waals surface area contributed by atoms with Crippen LogP contribution in [0.25, 0.3) is 0 Å². The summed E-state index contributed by atoms with van der Waals surface area (Å²) in [4.78, 5) is 16.4. The second kappa shape index (κ2) is 6.48. The van der Waals surface area contributed by atoms with Crippen LogP contribution >= 0.6 is 15.9 Å². The quantitative estimate of drug-likeness (QED) is 0.815. The Balaban J connectivity index is 1.67. The zero-order valence-corrected chi connectivity index (χ0v) is 13.6. The van der Waals surface area contributed by atoms with Crippen LogP contribution in [0.2, 0.25) is 0 Å². The molecule has 3 rings (SSSR count). The maximum atomic E-state index is 13.2. The summed E-state index contributed by atoms with van der Waals surface area (Å²) < 4.78 is 14.3. The number of amides is 1. The number of carbonyl (C=O) groups is 1. The maximum absolute atomic E-state index is 13.2. The van der Waals surface area contributed by atoms with Crippen molar-refractivity contribution in [2.75, 3.05) is 31.1 Å². The van der Waals surface area contributed by atoms with Gasteiger partial charge in [0.2, 0.25) is 0 Å². The number of para-hydroxylation sites is 1. The van der Waals surface area contributed by atoms with Crippen LogP contribution in [0, 0.1) is 5.82 Å². The first-order valence-corrected chi connectivity index (χ1v) is 7.99. The molecule has 0 N–H and O–H groups in total. The second-order valence-corrected chi connectivity index (χ2v) is 6.10. The van der Waals surface area contributed by atoms with Crippen LogP contribution < -0.4 is 4.90 Å². The molecule has 1 fully saturated rings. The zero-order chi connectivity index (χ0) is 15.5. The van der Waals surface area contributed by atoms with Gasteiger partial charge in [-0.2, -0.15) is 0 Å². The van der Waals surface area contributed by atoms with Crippen molar-refractivity contribution in [2.24, 2.45) is 0 Å². The van der Waals surface area contributed by atoms with Crippen LogP contribution in [0.5, 0.6) is 0 Å². The van der Waals surface area contributed by atoms with Crippen molar-refractivity contribution >= 4 is 27.5 Å². The van der Waals surface area contributed by atoms with E-state index in [2.05, 4.69) is 26.9 Å². The van der Waals surface area contributed by atoms with Gasteiger partial charge in [-0.15, -0.1) is 0 Å². The highest BCUT2D eigenvalue weighted by molar-refractivity contribution is 9.10. The molecule has 0 spiro atoms. The molecule has 1 amide bonds. The summed E-state index contributed by atoms with van der Waals surface area (Å²) in [5, 5.41) is 0. The third-order valence-corrected chi connectivity index (χ3v) is 4.50. The fraction of sp³-hybridized carbons (Fsp3) is 0.235. The van der Waals surface area contributed by atoms with E-state index in [1.54, 1.807) is 17.0 Å². The van der Waals surface area contributed by atoms with Gasteiger partial charge in [-0.1, -0.05) is 18.2 Å². The van der Waals surface area contributed by atoms with E-state index in [-0.39, 0.29) is 11.7 Å². The summed E-state index contributed by atoms with van der Waals surface area (Å²) in [6.07, 6.45) is 0. The van der Waals surface area contributed by atoms with Crippen LogP contribution in [0.15, 0.2) is 53.0 Å². The molecule has 2 aromatic carbocycles. The van der Waals surface area contributed by atoms with Gasteiger partial charge < -0.3 is 9.80 Å². The van der Waals surface area contributed by atoms with Gasteiger partial charge >= 0.3 is 0 Å². The molecule has 114 valence electrons. The molecule has 0 unspecified atom stereocenters. The van der Waals surface area contributed by atoms with E-state index in [4.69, 9.17) is 0 Å². The molecule has 1 heterocycles. The van der Waals surface area contributed by atoms with Gasteiger partial charge in [0.05, 0.1) is 5.69 Å². The fourth-order valence-corrected chi connectivity index (χ4v) is 3.20. The molecule has 0 atom stereocenters. The molecule has 0 radical (unpaired) electrons. The Hall–Kier alpha value is -1.88. The number of hydrogen-bond acceptors (Lipinski definition) is 2. The van der Waals surface area contributed by atoms with E-state index in [1.165, 1.54) is 12.1 Å². The molecule has 3 nitrogen and oxygen atoms in total. The number of anilines is 1. The van der Waals surface area contributed by atoms with Gasteiger partial charge in [-0.05, 0) is 46.3 Å². The predicted octanol–water partition coefficient (Wildman–Crippen LogP) is 3.55. The minimum absolute atomic E-state index is 0.105. The van der Waals surface area contributed by atoms with Gasteiger partial charge in [-0.25, -0.2) is 4.39 Å². The smallest absolute Gasteiger partial charge is 0.254 e. The normalized spacial score (nSPS) is 15.0. The Morgan fingerprint density at radius 1 is 1.00 bits per heavy atom. The first kappa shape index (κ1) is 15.0. The molecule has 22 heavy (non-hydrogen) atoms. The van der Waals surface area contributed by atoms with Crippen molar-refractivity contribution in [2.45, 2.75) is 0 Å². The van der Waals surface area contributed by atoms with Crippen LogP contribution in [0.4, 0.5) is 10.1 Å². The van der Waals surface area contributed by atoms with E-state index in [0.29, 0.717) is 18.7 Å². The average Bonchev–Trinajstić information content (AvgIpc) is 2.55. The Bertz CT molecular complexity index is 684. The topological polar surface area (TPSA) is 23.6 Å². The number of halogens is 2. The van der Waals surface area contributed by atoms with Gasteiger partial charge in [0.15, 0.2) is 0 Å². The van der Waals surface area contributed by atoms with Gasteiger partial charge in [0.25, 0.3) is 5.91 Å².